The van der Waals surface area contributed by atoms with Gasteiger partial charge in [0, 0.05) is 12.8 Å². The Balaban J connectivity index is 1.96. The van der Waals surface area contributed by atoms with Crippen molar-refractivity contribution in [2.75, 3.05) is 0 Å². The lowest BCUT2D eigenvalue weighted by atomic mass is 10.1. The van der Waals surface area contributed by atoms with Crippen molar-refractivity contribution in [2.24, 2.45) is 0 Å². The largest absolute Gasteiger partial charge is 0.403 e. The molecular formula is C11H13F3N2O2. The number of carbonyl (C=O) groups is 1. The third-order valence-corrected chi connectivity index (χ3v) is 3.14. The lowest BCUT2D eigenvalue weighted by molar-refractivity contribution is -0.166. The normalized spacial score (nSPS) is 17.7. The Morgan fingerprint density at radius 2 is 2.06 bits per heavy atom. The van der Waals surface area contributed by atoms with Gasteiger partial charge in [0.15, 0.2) is 5.82 Å². The van der Waals surface area contributed by atoms with Crippen LogP contribution in [0.25, 0.3) is 0 Å². The molecule has 1 aromatic heterocycles. The Bertz CT molecular complexity index is 424. The molecule has 0 aromatic carbocycles. The van der Waals surface area contributed by atoms with Crippen LogP contribution in [0.15, 0.2) is 4.52 Å². The number of unbranched alkanes of at least 4 members (excludes halogenated alkanes) is 2. The summed E-state index contributed by atoms with van der Waals surface area (Å²) in [6, 6.07) is 0. The van der Waals surface area contributed by atoms with Crippen LogP contribution in [-0.2, 0) is 16.6 Å². The van der Waals surface area contributed by atoms with Crippen LogP contribution in [0, 0.1) is 0 Å². The Hall–Kier alpha value is -1.40. The molecule has 1 heterocycles. The van der Waals surface area contributed by atoms with E-state index in [1.807, 2.05) is 0 Å². The van der Waals surface area contributed by atoms with Crippen LogP contribution in [-0.4, -0.2) is 22.6 Å². The first-order chi connectivity index (χ1) is 8.49. The lowest BCUT2D eigenvalue weighted by Crippen LogP contribution is -2.29. The average molecular weight is 262 g/mol. The maximum absolute atomic E-state index is 12.8. The van der Waals surface area contributed by atoms with E-state index in [1.54, 1.807) is 0 Å². The number of aldehydes is 1. The summed E-state index contributed by atoms with van der Waals surface area (Å²) in [7, 11) is 0. The van der Waals surface area contributed by atoms with Crippen molar-refractivity contribution in [3.05, 3.63) is 11.7 Å². The van der Waals surface area contributed by atoms with Crippen LogP contribution in [0.3, 0.4) is 0 Å². The number of nitrogens with zero attached hydrogens (tertiary/aromatic N) is 2. The Morgan fingerprint density at radius 1 is 1.33 bits per heavy atom. The van der Waals surface area contributed by atoms with Crippen LogP contribution >= 0.6 is 0 Å². The fraction of sp³-hybridized carbons (Fsp3) is 0.727. The Labute approximate surface area is 102 Å². The van der Waals surface area contributed by atoms with E-state index in [0.29, 0.717) is 25.7 Å². The van der Waals surface area contributed by atoms with Crippen molar-refractivity contribution in [1.29, 1.82) is 0 Å². The summed E-state index contributed by atoms with van der Waals surface area (Å²) < 4.78 is 43.1. The summed E-state index contributed by atoms with van der Waals surface area (Å²) in [5.74, 6) is -0.0354. The van der Waals surface area contributed by atoms with E-state index in [2.05, 4.69) is 10.1 Å². The van der Waals surface area contributed by atoms with E-state index < -0.39 is 11.6 Å². The minimum atomic E-state index is -4.33. The highest BCUT2D eigenvalue weighted by molar-refractivity contribution is 5.48. The average Bonchev–Trinajstić information content (AvgIpc) is 3.00. The quantitative estimate of drug-likeness (QED) is 0.584. The van der Waals surface area contributed by atoms with Crippen molar-refractivity contribution >= 4 is 6.29 Å². The molecule has 4 nitrogen and oxygen atoms in total. The van der Waals surface area contributed by atoms with Gasteiger partial charge in [0.1, 0.15) is 11.7 Å². The van der Waals surface area contributed by atoms with Gasteiger partial charge in [-0.25, -0.2) is 0 Å². The summed E-state index contributed by atoms with van der Waals surface area (Å²) in [5, 5.41) is 3.56. The number of hydrogen-bond donors (Lipinski definition) is 0. The molecule has 7 heteroatoms. The highest BCUT2D eigenvalue weighted by atomic mass is 19.4. The minimum Gasteiger partial charge on any atom is -0.338 e. The molecule has 1 fully saturated rings. The molecule has 0 saturated heterocycles. The van der Waals surface area contributed by atoms with Crippen LogP contribution in [0.5, 0.6) is 0 Å². The molecule has 2 rings (SSSR count). The molecule has 0 unspecified atom stereocenters. The first-order valence-corrected chi connectivity index (χ1v) is 5.83. The predicted molar refractivity (Wildman–Crippen MR) is 54.9 cm³/mol. The molecule has 1 aromatic rings. The minimum absolute atomic E-state index is 0.0171. The van der Waals surface area contributed by atoms with Crippen molar-refractivity contribution in [1.82, 2.24) is 10.1 Å². The zero-order valence-electron chi connectivity index (χ0n) is 9.66. The molecule has 0 radical (unpaired) electrons. The van der Waals surface area contributed by atoms with E-state index in [-0.39, 0.29) is 24.6 Å². The van der Waals surface area contributed by atoms with E-state index in [9.17, 15) is 18.0 Å². The first-order valence-electron chi connectivity index (χ1n) is 5.83. The monoisotopic (exact) mass is 262 g/mol. The molecule has 0 spiro atoms. The Kier molecular flexibility index (Phi) is 3.41. The van der Waals surface area contributed by atoms with E-state index in [1.165, 1.54) is 0 Å². The molecule has 1 aliphatic rings. The van der Waals surface area contributed by atoms with Gasteiger partial charge in [0.05, 0.1) is 0 Å². The second kappa shape index (κ2) is 4.70. The van der Waals surface area contributed by atoms with E-state index in [4.69, 9.17) is 4.52 Å². The van der Waals surface area contributed by atoms with E-state index in [0.717, 1.165) is 6.29 Å². The fourth-order valence-corrected chi connectivity index (χ4v) is 1.80. The zero-order valence-corrected chi connectivity index (χ0v) is 9.66. The predicted octanol–water partition coefficient (Wildman–Crippen LogP) is 2.58. The summed E-state index contributed by atoms with van der Waals surface area (Å²) >= 11 is 0. The topological polar surface area (TPSA) is 56.0 Å². The molecule has 0 N–H and O–H groups in total. The number of halogens is 3. The fourth-order valence-electron chi connectivity index (χ4n) is 1.80. The number of alkyl halides is 3. The first kappa shape index (κ1) is 13.0. The van der Waals surface area contributed by atoms with Crippen molar-refractivity contribution in [2.45, 2.75) is 50.1 Å². The molecule has 0 aliphatic heterocycles. The molecule has 18 heavy (non-hydrogen) atoms. The third kappa shape index (κ3) is 2.39. The smallest absolute Gasteiger partial charge is 0.338 e. The van der Waals surface area contributed by atoms with Gasteiger partial charge in [0.2, 0.25) is 5.89 Å². The number of carbonyl (C=O) groups excluding carboxylic acids is 1. The highest BCUT2D eigenvalue weighted by Gasteiger charge is 2.68. The van der Waals surface area contributed by atoms with Gasteiger partial charge in [-0.15, -0.1) is 0 Å². The van der Waals surface area contributed by atoms with Gasteiger partial charge < -0.3 is 9.32 Å². The number of rotatable bonds is 6. The van der Waals surface area contributed by atoms with Crippen molar-refractivity contribution in [3.63, 3.8) is 0 Å². The molecular weight excluding hydrogens is 249 g/mol. The molecule has 1 aliphatic carbocycles. The number of aryl methyl sites for hydroxylation is 1. The molecule has 1 saturated carbocycles. The highest BCUT2D eigenvalue weighted by Crippen LogP contribution is 2.58. The zero-order chi connectivity index (χ0) is 13.2. The Morgan fingerprint density at radius 3 is 2.61 bits per heavy atom. The molecule has 0 bridgehead atoms. The number of aromatic nitrogens is 2. The van der Waals surface area contributed by atoms with Crippen LogP contribution in [0.4, 0.5) is 13.2 Å². The molecule has 0 atom stereocenters. The SMILES string of the molecule is O=CCCCCc1noc(C2(C(F)(F)F)CC2)n1. The van der Waals surface area contributed by atoms with Crippen molar-refractivity contribution in [3.8, 4) is 0 Å². The summed E-state index contributed by atoms with van der Waals surface area (Å²) in [6.45, 7) is 0. The van der Waals surface area contributed by atoms with Gasteiger partial charge >= 0.3 is 6.18 Å². The van der Waals surface area contributed by atoms with Crippen molar-refractivity contribution < 1.29 is 22.5 Å². The summed E-state index contributed by atoms with van der Waals surface area (Å²) in [5.41, 5.74) is -1.90. The van der Waals surface area contributed by atoms with Gasteiger partial charge in [-0.3, -0.25) is 0 Å². The van der Waals surface area contributed by atoms with Crippen LogP contribution in [0.2, 0.25) is 0 Å². The maximum atomic E-state index is 12.8. The third-order valence-electron chi connectivity index (χ3n) is 3.14. The summed E-state index contributed by atoms with van der Waals surface area (Å²) in [4.78, 5) is 13.9. The number of hydrogen-bond acceptors (Lipinski definition) is 4. The second-order valence-electron chi connectivity index (χ2n) is 4.51. The lowest BCUT2D eigenvalue weighted by Gasteiger charge is -2.13. The van der Waals surface area contributed by atoms with Crippen LogP contribution in [0.1, 0.15) is 43.8 Å². The molecule has 0 amide bonds. The van der Waals surface area contributed by atoms with Crippen LogP contribution < -0.4 is 0 Å². The molecule has 100 valence electrons. The van der Waals surface area contributed by atoms with Gasteiger partial charge in [-0.05, 0) is 25.7 Å². The second-order valence-corrected chi connectivity index (χ2v) is 4.51. The van der Waals surface area contributed by atoms with Gasteiger partial charge in [-0.2, -0.15) is 18.2 Å². The van der Waals surface area contributed by atoms with E-state index >= 15 is 0 Å². The van der Waals surface area contributed by atoms with Gasteiger partial charge in [-0.1, -0.05) is 5.16 Å². The maximum Gasteiger partial charge on any atom is 0.403 e. The standard InChI is InChI=1S/C11H13F3N2O2/c12-11(13,14)10(5-6-10)9-15-8(16-18-9)4-2-1-3-7-17/h7H,1-6H2. The summed E-state index contributed by atoms with van der Waals surface area (Å²) in [6.07, 6.45) is -1.26. The van der Waals surface area contributed by atoms with Gasteiger partial charge in [0.25, 0.3) is 0 Å².